The minimum atomic E-state index is -0.120. The highest BCUT2D eigenvalue weighted by atomic mass is 16.1. The number of amides is 1. The number of nitrogens with zero attached hydrogens (tertiary/aromatic N) is 3. The van der Waals surface area contributed by atoms with E-state index in [0.717, 1.165) is 31.9 Å². The summed E-state index contributed by atoms with van der Waals surface area (Å²) in [7, 11) is 0. The lowest BCUT2D eigenvalue weighted by molar-refractivity contribution is -0.117. The van der Waals surface area contributed by atoms with Crippen molar-refractivity contribution < 1.29 is 4.79 Å². The van der Waals surface area contributed by atoms with Crippen molar-refractivity contribution in [3.05, 3.63) is 31.1 Å². The Hall–Kier alpha value is -1.91. The van der Waals surface area contributed by atoms with Crippen LogP contribution < -0.4 is 10.2 Å². The maximum Gasteiger partial charge on any atom is 0.243 e. The van der Waals surface area contributed by atoms with Crippen molar-refractivity contribution in [3.8, 4) is 0 Å². The number of anilines is 1. The van der Waals surface area contributed by atoms with Crippen LogP contribution in [-0.4, -0.2) is 35.0 Å². The molecule has 0 radical (unpaired) electrons. The van der Waals surface area contributed by atoms with E-state index in [0.29, 0.717) is 0 Å². The Morgan fingerprint density at radius 3 is 3.00 bits per heavy atom. The maximum absolute atomic E-state index is 11.2. The molecule has 1 aliphatic rings. The number of piperidine rings is 1. The molecule has 17 heavy (non-hydrogen) atoms. The summed E-state index contributed by atoms with van der Waals surface area (Å²) >= 11 is 0. The Bertz CT molecular complexity index is 393. The number of carbonyl (C=O) groups is 1. The van der Waals surface area contributed by atoms with Crippen molar-refractivity contribution in [2.24, 2.45) is 0 Å². The molecule has 0 bridgehead atoms. The number of hydrogen-bond donors (Lipinski definition) is 1. The molecule has 1 N–H and O–H groups in total. The van der Waals surface area contributed by atoms with Gasteiger partial charge >= 0.3 is 0 Å². The predicted octanol–water partition coefficient (Wildman–Crippen LogP) is 0.748. The number of carbonyl (C=O) groups excluding carboxylic acids is 1. The van der Waals surface area contributed by atoms with Gasteiger partial charge in [0.25, 0.3) is 0 Å². The molecular weight excluding hydrogens is 216 g/mol. The van der Waals surface area contributed by atoms with Gasteiger partial charge in [-0.05, 0) is 25.0 Å². The Morgan fingerprint density at radius 2 is 2.29 bits per heavy atom. The van der Waals surface area contributed by atoms with E-state index in [4.69, 9.17) is 0 Å². The first-order valence-electron chi connectivity index (χ1n) is 5.74. The Kier molecular flexibility index (Phi) is 3.69. The van der Waals surface area contributed by atoms with Crippen LogP contribution in [0.4, 0.5) is 5.95 Å². The summed E-state index contributed by atoms with van der Waals surface area (Å²) in [4.78, 5) is 21.8. The molecular formula is C12H16N4O. The lowest BCUT2D eigenvalue weighted by Gasteiger charge is -2.32. The standard InChI is InChI=1S/C12H16N4O/c1-2-11(17)15-10-5-3-8-16(9-10)12-13-6-4-7-14-12/h2,4,6-7,10H,1,3,5,8-9H2,(H,15,17)/t10-/m1/s1. The first kappa shape index (κ1) is 11.6. The van der Waals surface area contributed by atoms with E-state index in [1.54, 1.807) is 18.5 Å². The van der Waals surface area contributed by atoms with Gasteiger partial charge in [0, 0.05) is 31.5 Å². The largest absolute Gasteiger partial charge is 0.348 e. The van der Waals surface area contributed by atoms with Crippen LogP contribution in [0.5, 0.6) is 0 Å². The van der Waals surface area contributed by atoms with Crippen molar-refractivity contribution >= 4 is 11.9 Å². The minimum Gasteiger partial charge on any atom is -0.348 e. The van der Waals surface area contributed by atoms with E-state index in [2.05, 4.69) is 26.8 Å². The molecule has 0 saturated carbocycles. The summed E-state index contributed by atoms with van der Waals surface area (Å²) in [6.07, 6.45) is 6.78. The molecule has 0 aliphatic carbocycles. The van der Waals surface area contributed by atoms with E-state index in [9.17, 15) is 4.79 Å². The van der Waals surface area contributed by atoms with Crippen LogP contribution in [0.15, 0.2) is 31.1 Å². The van der Waals surface area contributed by atoms with Gasteiger partial charge in [0.2, 0.25) is 11.9 Å². The third kappa shape index (κ3) is 3.03. The van der Waals surface area contributed by atoms with Gasteiger partial charge in [0.05, 0.1) is 0 Å². The van der Waals surface area contributed by atoms with Crippen LogP contribution in [0.25, 0.3) is 0 Å². The molecule has 5 nitrogen and oxygen atoms in total. The van der Waals surface area contributed by atoms with Gasteiger partial charge in [-0.25, -0.2) is 9.97 Å². The molecule has 2 heterocycles. The molecule has 1 aromatic rings. The monoisotopic (exact) mass is 232 g/mol. The molecule has 2 rings (SSSR count). The van der Waals surface area contributed by atoms with E-state index in [1.165, 1.54) is 6.08 Å². The molecule has 0 spiro atoms. The van der Waals surface area contributed by atoms with Crippen LogP contribution in [0.1, 0.15) is 12.8 Å². The lowest BCUT2D eigenvalue weighted by Crippen LogP contribution is -2.47. The summed E-state index contributed by atoms with van der Waals surface area (Å²) in [6, 6.07) is 1.95. The van der Waals surface area contributed by atoms with Gasteiger partial charge in [-0.2, -0.15) is 0 Å². The smallest absolute Gasteiger partial charge is 0.243 e. The normalized spacial score (nSPS) is 19.8. The van der Waals surface area contributed by atoms with E-state index in [1.807, 2.05) is 0 Å². The highest BCUT2D eigenvalue weighted by molar-refractivity contribution is 5.87. The highest BCUT2D eigenvalue weighted by Gasteiger charge is 2.22. The fraction of sp³-hybridized carbons (Fsp3) is 0.417. The van der Waals surface area contributed by atoms with Crippen molar-refractivity contribution in [1.29, 1.82) is 0 Å². The van der Waals surface area contributed by atoms with Gasteiger partial charge < -0.3 is 10.2 Å². The van der Waals surface area contributed by atoms with E-state index >= 15 is 0 Å². The molecule has 0 aromatic carbocycles. The molecule has 90 valence electrons. The van der Waals surface area contributed by atoms with Gasteiger partial charge in [-0.15, -0.1) is 0 Å². The quantitative estimate of drug-likeness (QED) is 0.781. The van der Waals surface area contributed by atoms with Gasteiger partial charge in [0.1, 0.15) is 0 Å². The van der Waals surface area contributed by atoms with Crippen LogP contribution in [0, 0.1) is 0 Å². The first-order valence-corrected chi connectivity index (χ1v) is 5.74. The van der Waals surface area contributed by atoms with Crippen LogP contribution in [-0.2, 0) is 4.79 Å². The predicted molar refractivity (Wildman–Crippen MR) is 65.6 cm³/mol. The number of hydrogen-bond acceptors (Lipinski definition) is 4. The molecule has 5 heteroatoms. The van der Waals surface area contributed by atoms with Crippen LogP contribution in [0.3, 0.4) is 0 Å². The summed E-state index contributed by atoms with van der Waals surface area (Å²) < 4.78 is 0. The molecule has 1 amide bonds. The lowest BCUT2D eigenvalue weighted by atomic mass is 10.1. The third-order valence-corrected chi connectivity index (χ3v) is 2.79. The first-order chi connectivity index (χ1) is 8.29. The topological polar surface area (TPSA) is 58.1 Å². The minimum absolute atomic E-state index is 0.120. The van der Waals surface area contributed by atoms with Crippen molar-refractivity contribution in [3.63, 3.8) is 0 Å². The second kappa shape index (κ2) is 5.43. The van der Waals surface area contributed by atoms with Gasteiger partial charge in [0.15, 0.2) is 0 Å². The Labute approximate surface area is 101 Å². The molecule has 0 unspecified atom stereocenters. The second-order valence-electron chi connectivity index (χ2n) is 4.05. The van der Waals surface area contributed by atoms with E-state index < -0.39 is 0 Å². The van der Waals surface area contributed by atoms with Crippen LogP contribution >= 0.6 is 0 Å². The van der Waals surface area contributed by atoms with Gasteiger partial charge in [-0.1, -0.05) is 6.58 Å². The SMILES string of the molecule is C=CC(=O)N[C@@H]1CCCN(c2ncccn2)C1. The molecule has 1 atom stereocenters. The Balaban J connectivity index is 1.97. The fourth-order valence-electron chi connectivity index (χ4n) is 1.99. The molecule has 1 aromatic heterocycles. The van der Waals surface area contributed by atoms with Crippen LogP contribution in [0.2, 0.25) is 0 Å². The second-order valence-corrected chi connectivity index (χ2v) is 4.05. The zero-order chi connectivity index (χ0) is 12.1. The zero-order valence-electron chi connectivity index (χ0n) is 9.67. The average Bonchev–Trinajstić information content (AvgIpc) is 2.40. The molecule has 1 saturated heterocycles. The Morgan fingerprint density at radius 1 is 1.53 bits per heavy atom. The number of nitrogens with one attached hydrogen (secondary N) is 1. The van der Waals surface area contributed by atoms with Crippen molar-refractivity contribution in [2.75, 3.05) is 18.0 Å². The number of rotatable bonds is 3. The summed E-state index contributed by atoms with van der Waals surface area (Å²) in [5, 5.41) is 2.91. The highest BCUT2D eigenvalue weighted by Crippen LogP contribution is 2.15. The van der Waals surface area contributed by atoms with Crippen molar-refractivity contribution in [2.45, 2.75) is 18.9 Å². The summed E-state index contributed by atoms with van der Waals surface area (Å²) in [5.74, 6) is 0.607. The van der Waals surface area contributed by atoms with E-state index in [-0.39, 0.29) is 11.9 Å². The third-order valence-electron chi connectivity index (χ3n) is 2.79. The number of aromatic nitrogens is 2. The van der Waals surface area contributed by atoms with Gasteiger partial charge in [-0.3, -0.25) is 4.79 Å². The summed E-state index contributed by atoms with van der Waals surface area (Å²) in [5.41, 5.74) is 0. The average molecular weight is 232 g/mol. The molecule has 1 fully saturated rings. The van der Waals surface area contributed by atoms with Crippen molar-refractivity contribution in [1.82, 2.24) is 15.3 Å². The zero-order valence-corrected chi connectivity index (χ0v) is 9.67. The maximum atomic E-state index is 11.2. The summed E-state index contributed by atoms with van der Waals surface area (Å²) in [6.45, 7) is 5.14. The molecule has 1 aliphatic heterocycles. The fourth-order valence-corrected chi connectivity index (χ4v) is 1.99.